The van der Waals surface area contributed by atoms with Crippen molar-refractivity contribution in [2.45, 2.75) is 25.9 Å². The van der Waals surface area contributed by atoms with Crippen LogP contribution in [0.2, 0.25) is 0 Å². The number of piperidine rings is 1. The van der Waals surface area contributed by atoms with Gasteiger partial charge in [-0.25, -0.2) is 0 Å². The van der Waals surface area contributed by atoms with Crippen molar-refractivity contribution in [3.05, 3.63) is 90.0 Å². The standard InChI is InChI=1S/C27H30N2O2/c1-31-26-15-6-5-14-25(26)23-12-7-11-22(17-23)19-29-16-8-13-24(20-29)27(30)28-18-21-9-3-2-4-10-21/h2-7,9-12,14-15,17,24H,8,13,16,18-20H2,1H3,(H,28,30). The molecule has 1 atom stereocenters. The van der Waals surface area contributed by atoms with Gasteiger partial charge in [-0.15, -0.1) is 0 Å². The van der Waals surface area contributed by atoms with Gasteiger partial charge in [0.2, 0.25) is 5.91 Å². The molecule has 1 unspecified atom stereocenters. The summed E-state index contributed by atoms with van der Waals surface area (Å²) in [6.45, 7) is 3.28. The molecule has 1 heterocycles. The third kappa shape index (κ3) is 5.53. The van der Waals surface area contributed by atoms with Crippen molar-refractivity contribution in [2.75, 3.05) is 20.2 Å². The number of carbonyl (C=O) groups is 1. The highest BCUT2D eigenvalue weighted by Crippen LogP contribution is 2.30. The maximum absolute atomic E-state index is 12.7. The van der Waals surface area contributed by atoms with Crippen molar-refractivity contribution in [1.29, 1.82) is 0 Å². The molecule has 4 heteroatoms. The van der Waals surface area contributed by atoms with Gasteiger partial charge >= 0.3 is 0 Å². The second-order valence-corrected chi connectivity index (χ2v) is 8.18. The van der Waals surface area contributed by atoms with E-state index in [4.69, 9.17) is 4.74 Å². The van der Waals surface area contributed by atoms with Gasteiger partial charge in [0.05, 0.1) is 13.0 Å². The Morgan fingerprint density at radius 1 is 1.00 bits per heavy atom. The van der Waals surface area contributed by atoms with Crippen molar-refractivity contribution in [1.82, 2.24) is 10.2 Å². The van der Waals surface area contributed by atoms with Gasteiger partial charge in [-0.1, -0.05) is 66.7 Å². The number of carbonyl (C=O) groups excluding carboxylic acids is 1. The predicted octanol–water partition coefficient (Wildman–Crippen LogP) is 4.89. The minimum absolute atomic E-state index is 0.0508. The second-order valence-electron chi connectivity index (χ2n) is 8.18. The topological polar surface area (TPSA) is 41.6 Å². The molecule has 0 radical (unpaired) electrons. The summed E-state index contributed by atoms with van der Waals surface area (Å²) in [5.41, 5.74) is 4.65. The van der Waals surface area contributed by atoms with Crippen LogP contribution < -0.4 is 10.1 Å². The SMILES string of the molecule is COc1ccccc1-c1cccc(CN2CCCC(C(=O)NCc3ccccc3)C2)c1. The van der Waals surface area contributed by atoms with Crippen molar-refractivity contribution in [3.63, 3.8) is 0 Å². The Morgan fingerprint density at radius 2 is 1.77 bits per heavy atom. The van der Waals surface area contributed by atoms with Gasteiger partial charge in [0.25, 0.3) is 0 Å². The molecule has 0 saturated carbocycles. The number of amides is 1. The van der Waals surface area contributed by atoms with E-state index in [0.29, 0.717) is 6.54 Å². The third-order valence-electron chi connectivity index (χ3n) is 5.94. The average molecular weight is 415 g/mol. The molecule has 1 aliphatic heterocycles. The molecule has 0 aromatic heterocycles. The van der Waals surface area contributed by atoms with Gasteiger partial charge in [0, 0.05) is 25.2 Å². The zero-order valence-corrected chi connectivity index (χ0v) is 18.1. The quantitative estimate of drug-likeness (QED) is 0.598. The van der Waals surface area contributed by atoms with Gasteiger partial charge < -0.3 is 10.1 Å². The summed E-state index contributed by atoms with van der Waals surface area (Å²) in [5, 5.41) is 3.12. The second kappa shape index (κ2) is 10.3. The molecule has 1 aliphatic rings. The first-order chi connectivity index (χ1) is 15.2. The van der Waals surface area contributed by atoms with Gasteiger partial charge in [-0.3, -0.25) is 9.69 Å². The summed E-state index contributed by atoms with van der Waals surface area (Å²) in [7, 11) is 1.71. The van der Waals surface area contributed by atoms with E-state index in [9.17, 15) is 4.79 Å². The molecule has 160 valence electrons. The van der Waals surface area contributed by atoms with Gasteiger partial charge in [-0.2, -0.15) is 0 Å². The molecule has 4 rings (SSSR count). The number of para-hydroxylation sites is 1. The summed E-state index contributed by atoms with van der Waals surface area (Å²) in [4.78, 5) is 15.1. The van der Waals surface area contributed by atoms with Crippen LogP contribution in [0.25, 0.3) is 11.1 Å². The molecule has 4 nitrogen and oxygen atoms in total. The first-order valence-electron chi connectivity index (χ1n) is 11.0. The lowest BCUT2D eigenvalue weighted by atomic mass is 9.96. The minimum atomic E-state index is 0.0508. The number of hydrogen-bond acceptors (Lipinski definition) is 3. The van der Waals surface area contributed by atoms with Gasteiger partial charge in [0.1, 0.15) is 5.75 Å². The molecule has 3 aromatic carbocycles. The lowest BCUT2D eigenvalue weighted by molar-refractivity contribution is -0.126. The molecule has 0 bridgehead atoms. The van der Waals surface area contributed by atoms with Crippen LogP contribution in [0.3, 0.4) is 0 Å². The van der Waals surface area contributed by atoms with Crippen molar-refractivity contribution in [3.8, 4) is 16.9 Å². The molecule has 0 aliphatic carbocycles. The monoisotopic (exact) mass is 414 g/mol. The van der Waals surface area contributed by atoms with Crippen LogP contribution in [0, 0.1) is 5.92 Å². The Labute approximate surface area is 184 Å². The highest BCUT2D eigenvalue weighted by atomic mass is 16.5. The smallest absolute Gasteiger partial charge is 0.224 e. The number of benzene rings is 3. The van der Waals surface area contributed by atoms with Gasteiger partial charge in [0.15, 0.2) is 0 Å². The Bertz CT molecular complexity index is 1000. The molecule has 3 aromatic rings. The van der Waals surface area contributed by atoms with E-state index in [1.807, 2.05) is 48.5 Å². The fourth-order valence-electron chi connectivity index (χ4n) is 4.32. The van der Waals surface area contributed by atoms with Crippen molar-refractivity contribution in [2.24, 2.45) is 5.92 Å². The lowest BCUT2D eigenvalue weighted by Crippen LogP contribution is -2.42. The highest BCUT2D eigenvalue weighted by Gasteiger charge is 2.25. The van der Waals surface area contributed by atoms with E-state index in [-0.39, 0.29) is 11.8 Å². The Morgan fingerprint density at radius 3 is 2.61 bits per heavy atom. The molecule has 1 amide bonds. The van der Waals surface area contributed by atoms with E-state index < -0.39 is 0 Å². The fraction of sp³-hybridized carbons (Fsp3) is 0.296. The first-order valence-corrected chi connectivity index (χ1v) is 11.0. The number of likely N-dealkylation sites (tertiary alicyclic amines) is 1. The average Bonchev–Trinajstić information content (AvgIpc) is 2.83. The van der Waals surface area contributed by atoms with E-state index in [2.05, 4.69) is 40.5 Å². The zero-order valence-electron chi connectivity index (χ0n) is 18.1. The maximum Gasteiger partial charge on any atom is 0.224 e. The fourth-order valence-corrected chi connectivity index (χ4v) is 4.32. The van der Waals surface area contributed by atoms with Gasteiger partial charge in [-0.05, 0) is 48.2 Å². The van der Waals surface area contributed by atoms with Crippen molar-refractivity contribution >= 4 is 5.91 Å². The molecule has 0 spiro atoms. The summed E-state index contributed by atoms with van der Waals surface area (Å²) in [6, 6.07) is 26.8. The van der Waals surface area contributed by atoms with Crippen LogP contribution in [0.1, 0.15) is 24.0 Å². The Hall–Kier alpha value is -3.11. The van der Waals surface area contributed by atoms with Crippen LogP contribution in [0.4, 0.5) is 0 Å². The van der Waals surface area contributed by atoms with Crippen LogP contribution in [-0.2, 0) is 17.9 Å². The summed E-state index contributed by atoms with van der Waals surface area (Å²) >= 11 is 0. The van der Waals surface area contributed by atoms with E-state index in [1.165, 1.54) is 5.56 Å². The van der Waals surface area contributed by atoms with Crippen LogP contribution in [0.15, 0.2) is 78.9 Å². The zero-order chi connectivity index (χ0) is 21.5. The molecular formula is C27H30N2O2. The molecule has 31 heavy (non-hydrogen) atoms. The molecule has 1 fully saturated rings. The molecule has 1 saturated heterocycles. The largest absolute Gasteiger partial charge is 0.496 e. The maximum atomic E-state index is 12.7. The molecule has 1 N–H and O–H groups in total. The van der Waals surface area contributed by atoms with Crippen LogP contribution in [0.5, 0.6) is 5.75 Å². The lowest BCUT2D eigenvalue weighted by Gasteiger charge is -2.32. The summed E-state index contributed by atoms with van der Waals surface area (Å²) in [5.74, 6) is 1.10. The summed E-state index contributed by atoms with van der Waals surface area (Å²) < 4.78 is 5.53. The Balaban J connectivity index is 1.38. The predicted molar refractivity (Wildman–Crippen MR) is 125 cm³/mol. The normalized spacial score (nSPS) is 16.6. The third-order valence-corrected chi connectivity index (χ3v) is 5.94. The first kappa shape index (κ1) is 21.1. The Kier molecular flexibility index (Phi) is 7.00. The van der Waals surface area contributed by atoms with Crippen LogP contribution >= 0.6 is 0 Å². The van der Waals surface area contributed by atoms with E-state index >= 15 is 0 Å². The number of nitrogens with one attached hydrogen (secondary N) is 1. The number of nitrogens with zero attached hydrogens (tertiary/aromatic N) is 1. The number of hydrogen-bond donors (Lipinski definition) is 1. The van der Waals surface area contributed by atoms with E-state index in [0.717, 1.165) is 54.9 Å². The van der Waals surface area contributed by atoms with Crippen molar-refractivity contribution < 1.29 is 9.53 Å². The van der Waals surface area contributed by atoms with E-state index in [1.54, 1.807) is 7.11 Å². The number of methoxy groups -OCH3 is 1. The number of ether oxygens (including phenoxy) is 1. The highest BCUT2D eigenvalue weighted by molar-refractivity contribution is 5.79. The summed E-state index contributed by atoms with van der Waals surface area (Å²) in [6.07, 6.45) is 2.01. The molecular weight excluding hydrogens is 384 g/mol. The minimum Gasteiger partial charge on any atom is -0.496 e. The van der Waals surface area contributed by atoms with Crippen LogP contribution in [-0.4, -0.2) is 31.0 Å². The number of rotatable bonds is 7.